The van der Waals surface area contributed by atoms with Crippen LogP contribution in [0.1, 0.15) is 30.9 Å². The number of nitrogens with one attached hydrogen (secondary N) is 1. The molecule has 3 aromatic rings. The van der Waals surface area contributed by atoms with Crippen LogP contribution in [0.3, 0.4) is 0 Å². The van der Waals surface area contributed by atoms with E-state index >= 15 is 0 Å². The smallest absolute Gasteiger partial charge is 0.258 e. The Morgan fingerprint density at radius 3 is 2.55 bits per heavy atom. The second kappa shape index (κ2) is 12.4. The van der Waals surface area contributed by atoms with E-state index in [0.29, 0.717) is 41.5 Å². The van der Waals surface area contributed by atoms with Crippen LogP contribution in [0, 0.1) is 5.82 Å². The van der Waals surface area contributed by atoms with E-state index in [2.05, 4.69) is 10.5 Å². The van der Waals surface area contributed by atoms with Gasteiger partial charge in [-0.1, -0.05) is 23.7 Å². The molecule has 0 spiro atoms. The highest BCUT2D eigenvalue weighted by atomic mass is 35.5. The Hall–Kier alpha value is -3.47. The minimum absolute atomic E-state index is 0.0790. The molecule has 200 valence electrons. The number of halogens is 2. The first-order valence-corrected chi connectivity index (χ1v) is 13.8. The molecule has 1 heterocycles. The minimum atomic E-state index is -3.86. The average molecular weight is 560 g/mol. The summed E-state index contributed by atoms with van der Waals surface area (Å²) < 4.78 is 52.0. The van der Waals surface area contributed by atoms with Gasteiger partial charge in [0.25, 0.3) is 5.91 Å². The molecule has 1 fully saturated rings. The molecule has 0 aliphatic carbocycles. The topological polar surface area (TPSA) is 97.3 Å². The molecule has 0 radical (unpaired) electrons. The zero-order valence-corrected chi connectivity index (χ0v) is 22.2. The molecule has 0 saturated carbocycles. The highest BCUT2D eigenvalue weighted by molar-refractivity contribution is 7.89. The van der Waals surface area contributed by atoms with Crippen LogP contribution >= 0.6 is 11.6 Å². The second-order valence-corrected chi connectivity index (χ2v) is 10.8. The van der Waals surface area contributed by atoms with E-state index in [9.17, 15) is 17.6 Å². The summed E-state index contributed by atoms with van der Waals surface area (Å²) in [4.78, 5) is 12.9. The van der Waals surface area contributed by atoms with Crippen LogP contribution in [0.25, 0.3) is 0 Å². The highest BCUT2D eigenvalue weighted by Gasteiger charge is 2.39. The Bertz CT molecular complexity index is 1400. The van der Waals surface area contributed by atoms with Gasteiger partial charge in [0.15, 0.2) is 11.5 Å². The number of hydrogen-bond acceptors (Lipinski definition) is 6. The Morgan fingerprint density at radius 1 is 1.11 bits per heavy atom. The first kappa shape index (κ1) is 27.6. The predicted molar refractivity (Wildman–Crippen MR) is 142 cm³/mol. The quantitative estimate of drug-likeness (QED) is 0.285. The average Bonchev–Trinajstić information content (AvgIpc) is 3.41. The van der Waals surface area contributed by atoms with Gasteiger partial charge in [0.1, 0.15) is 18.5 Å². The molecule has 3 aromatic carbocycles. The van der Waals surface area contributed by atoms with Gasteiger partial charge in [0, 0.05) is 11.6 Å². The largest absolute Gasteiger partial charge is 0.490 e. The fraction of sp³-hybridized carbons (Fsp3) is 0.259. The summed E-state index contributed by atoms with van der Waals surface area (Å²) in [5.41, 5.74) is 3.90. The summed E-state index contributed by atoms with van der Waals surface area (Å²) in [7, 11) is -3.86. The lowest BCUT2D eigenvalue weighted by Crippen LogP contribution is -2.44. The molecule has 8 nitrogen and oxygen atoms in total. The second-order valence-electron chi connectivity index (χ2n) is 8.52. The van der Waals surface area contributed by atoms with Gasteiger partial charge in [0.05, 0.1) is 17.7 Å². The van der Waals surface area contributed by atoms with Crippen molar-refractivity contribution in [3.63, 3.8) is 0 Å². The number of sulfonamides is 1. The highest BCUT2D eigenvalue weighted by Crippen LogP contribution is 2.29. The SMILES string of the molecule is CCOc1cc(C=NNC(=O)[C@@H]2CCCN2S(=O)(=O)c2ccc(Cl)cc2)ccc1OCc1ccc(F)cc1. The zero-order chi connectivity index (χ0) is 27.1. The number of amides is 1. The van der Waals surface area contributed by atoms with Gasteiger partial charge in [-0.15, -0.1) is 0 Å². The molecular weight excluding hydrogens is 533 g/mol. The number of carbonyl (C=O) groups is 1. The predicted octanol–water partition coefficient (Wildman–Crippen LogP) is 4.76. The van der Waals surface area contributed by atoms with Crippen molar-refractivity contribution in [1.82, 2.24) is 9.73 Å². The summed E-state index contributed by atoms with van der Waals surface area (Å²) >= 11 is 5.88. The standard InChI is InChI=1S/C27H27ClFN3O5S/c1-2-36-26-16-20(7-14-25(26)37-18-19-5-10-22(29)11-6-19)17-30-31-27(33)24-4-3-15-32(24)38(34,35)23-12-8-21(28)9-13-23/h5-14,16-17,24H,2-4,15,18H2,1H3,(H,31,33)/t24-/m0/s1. The molecule has 1 saturated heterocycles. The Kier molecular flexibility index (Phi) is 8.98. The number of benzene rings is 3. The van der Waals surface area contributed by atoms with Crippen LogP contribution in [0.15, 0.2) is 76.7 Å². The lowest BCUT2D eigenvalue weighted by molar-refractivity contribution is -0.124. The van der Waals surface area contributed by atoms with E-state index in [1.807, 2.05) is 6.92 Å². The van der Waals surface area contributed by atoms with Gasteiger partial charge in [-0.2, -0.15) is 9.41 Å². The molecule has 1 amide bonds. The van der Waals surface area contributed by atoms with E-state index in [1.165, 1.54) is 46.9 Å². The molecule has 1 aliphatic rings. The molecule has 0 bridgehead atoms. The molecule has 0 unspecified atom stereocenters. The number of nitrogens with zero attached hydrogens (tertiary/aromatic N) is 2. The van der Waals surface area contributed by atoms with E-state index in [0.717, 1.165) is 5.56 Å². The number of ether oxygens (including phenoxy) is 2. The van der Waals surface area contributed by atoms with Crippen molar-refractivity contribution >= 4 is 33.7 Å². The lowest BCUT2D eigenvalue weighted by atomic mass is 10.2. The third kappa shape index (κ3) is 6.69. The van der Waals surface area contributed by atoms with Gasteiger partial charge in [-0.05, 0) is 85.5 Å². The van der Waals surface area contributed by atoms with Crippen molar-refractivity contribution in [2.45, 2.75) is 37.3 Å². The summed E-state index contributed by atoms with van der Waals surface area (Å²) in [6.45, 7) is 2.73. The third-order valence-electron chi connectivity index (χ3n) is 5.89. The summed E-state index contributed by atoms with van der Waals surface area (Å²) in [5, 5.41) is 4.45. The fourth-order valence-corrected chi connectivity index (χ4v) is 5.79. The molecule has 1 aliphatic heterocycles. The summed E-state index contributed by atoms with van der Waals surface area (Å²) in [6, 6.07) is 16.2. The van der Waals surface area contributed by atoms with Gasteiger partial charge < -0.3 is 9.47 Å². The van der Waals surface area contributed by atoms with Gasteiger partial charge in [-0.25, -0.2) is 18.2 Å². The number of hydrogen-bond donors (Lipinski definition) is 1. The molecule has 0 aromatic heterocycles. The Balaban J connectivity index is 1.40. The van der Waals surface area contributed by atoms with Crippen molar-refractivity contribution in [2.75, 3.05) is 13.2 Å². The van der Waals surface area contributed by atoms with Crippen LogP contribution in [0.4, 0.5) is 4.39 Å². The summed E-state index contributed by atoms with van der Waals surface area (Å²) in [5.74, 6) is 0.163. The van der Waals surface area contributed by atoms with Crippen molar-refractivity contribution in [1.29, 1.82) is 0 Å². The summed E-state index contributed by atoms with van der Waals surface area (Å²) in [6.07, 6.45) is 2.39. The minimum Gasteiger partial charge on any atom is -0.490 e. The third-order valence-corrected chi connectivity index (χ3v) is 8.06. The molecular formula is C27H27ClFN3O5S. The number of carbonyl (C=O) groups excluding carboxylic acids is 1. The van der Waals surface area contributed by atoms with Crippen LogP contribution in [-0.4, -0.2) is 44.0 Å². The van der Waals surface area contributed by atoms with Crippen molar-refractivity contribution in [3.05, 3.63) is 88.7 Å². The Morgan fingerprint density at radius 2 is 1.84 bits per heavy atom. The molecule has 11 heteroatoms. The van der Waals surface area contributed by atoms with Crippen molar-refractivity contribution in [2.24, 2.45) is 5.10 Å². The van der Waals surface area contributed by atoms with Crippen LogP contribution in [0.5, 0.6) is 11.5 Å². The van der Waals surface area contributed by atoms with Crippen molar-refractivity contribution < 1.29 is 27.1 Å². The molecule has 38 heavy (non-hydrogen) atoms. The lowest BCUT2D eigenvalue weighted by Gasteiger charge is -2.22. The maximum Gasteiger partial charge on any atom is 0.258 e. The van der Waals surface area contributed by atoms with Crippen LogP contribution in [-0.2, 0) is 21.4 Å². The van der Waals surface area contributed by atoms with E-state index < -0.39 is 22.0 Å². The number of rotatable bonds is 10. The normalized spacial score (nSPS) is 16.0. The van der Waals surface area contributed by atoms with E-state index in [1.54, 1.807) is 30.3 Å². The molecule has 1 N–H and O–H groups in total. The molecule has 1 atom stereocenters. The monoisotopic (exact) mass is 559 g/mol. The van der Waals surface area contributed by atoms with E-state index in [-0.39, 0.29) is 23.9 Å². The number of hydrazone groups is 1. The fourth-order valence-electron chi connectivity index (χ4n) is 4.01. The molecule has 4 rings (SSSR count). The zero-order valence-electron chi connectivity index (χ0n) is 20.6. The first-order valence-electron chi connectivity index (χ1n) is 12.0. The van der Waals surface area contributed by atoms with Crippen LogP contribution in [0.2, 0.25) is 5.02 Å². The van der Waals surface area contributed by atoms with E-state index in [4.69, 9.17) is 21.1 Å². The van der Waals surface area contributed by atoms with Gasteiger partial charge in [0.2, 0.25) is 10.0 Å². The maximum absolute atomic E-state index is 13.1. The van der Waals surface area contributed by atoms with Crippen molar-refractivity contribution in [3.8, 4) is 11.5 Å². The van der Waals surface area contributed by atoms with Gasteiger partial charge in [-0.3, -0.25) is 4.79 Å². The van der Waals surface area contributed by atoms with Gasteiger partial charge >= 0.3 is 0 Å². The maximum atomic E-state index is 13.1. The Labute approximate surface area is 226 Å². The van der Waals surface area contributed by atoms with Crippen LogP contribution < -0.4 is 14.9 Å². The first-order chi connectivity index (χ1) is 18.3.